The first kappa shape index (κ1) is 15.9. The molecular formula is C18H17N3O3. The Morgan fingerprint density at radius 2 is 1.71 bits per heavy atom. The van der Waals surface area contributed by atoms with Crippen LogP contribution in [0, 0.1) is 0 Å². The van der Waals surface area contributed by atoms with Gasteiger partial charge in [-0.05, 0) is 23.6 Å². The summed E-state index contributed by atoms with van der Waals surface area (Å²) < 4.78 is 5.04. The number of H-pyrrole nitrogens is 1. The zero-order valence-electron chi connectivity index (χ0n) is 13.2. The van der Waals surface area contributed by atoms with E-state index in [1.807, 2.05) is 48.5 Å². The molecule has 0 spiro atoms. The zero-order valence-corrected chi connectivity index (χ0v) is 13.2. The molecule has 0 amide bonds. The molecule has 0 unspecified atom stereocenters. The van der Waals surface area contributed by atoms with Crippen LogP contribution in [0.2, 0.25) is 0 Å². The van der Waals surface area contributed by atoms with Crippen molar-refractivity contribution in [3.63, 3.8) is 0 Å². The Kier molecular flexibility index (Phi) is 4.67. The predicted octanol–water partition coefficient (Wildman–Crippen LogP) is 2.81. The number of aliphatic hydroxyl groups is 1. The summed E-state index contributed by atoms with van der Waals surface area (Å²) in [6.45, 7) is 1.93. The van der Waals surface area contributed by atoms with Gasteiger partial charge in [-0.15, -0.1) is 5.10 Å². The molecule has 0 aliphatic rings. The number of rotatable bonds is 5. The molecule has 0 fully saturated rings. The highest BCUT2D eigenvalue weighted by Gasteiger charge is 2.21. The van der Waals surface area contributed by atoms with Gasteiger partial charge >= 0.3 is 5.97 Å². The van der Waals surface area contributed by atoms with Crippen LogP contribution in [0.4, 0.5) is 0 Å². The number of aliphatic hydroxyl groups excluding tert-OH is 1. The Bertz CT molecular complexity index is 858. The molecule has 1 heterocycles. The molecule has 0 saturated heterocycles. The van der Waals surface area contributed by atoms with E-state index >= 15 is 0 Å². The van der Waals surface area contributed by atoms with Crippen LogP contribution in [-0.2, 0) is 11.3 Å². The topological polar surface area (TPSA) is 88.1 Å². The van der Waals surface area contributed by atoms with Crippen molar-refractivity contribution in [3.8, 4) is 22.4 Å². The third-order valence-corrected chi connectivity index (χ3v) is 3.68. The Morgan fingerprint density at radius 3 is 2.42 bits per heavy atom. The molecule has 2 N–H and O–H groups in total. The Labute approximate surface area is 139 Å². The Morgan fingerprint density at radius 1 is 1.04 bits per heavy atom. The summed E-state index contributed by atoms with van der Waals surface area (Å²) in [5.41, 5.74) is 3.86. The highest BCUT2D eigenvalue weighted by molar-refractivity contribution is 5.96. The summed E-state index contributed by atoms with van der Waals surface area (Å²) in [7, 11) is 0. The molecule has 122 valence electrons. The maximum Gasteiger partial charge on any atom is 0.361 e. The summed E-state index contributed by atoms with van der Waals surface area (Å²) in [5, 5.41) is 20.2. The minimum atomic E-state index is -0.522. The van der Waals surface area contributed by atoms with Crippen molar-refractivity contribution in [1.29, 1.82) is 0 Å². The molecule has 1 aromatic heterocycles. The third kappa shape index (κ3) is 2.91. The molecule has 0 bridgehead atoms. The molecule has 0 aliphatic heterocycles. The van der Waals surface area contributed by atoms with E-state index in [1.165, 1.54) is 0 Å². The number of aromatic nitrogens is 3. The van der Waals surface area contributed by atoms with Gasteiger partial charge in [0, 0.05) is 5.56 Å². The number of ether oxygens (including phenoxy) is 1. The van der Waals surface area contributed by atoms with Crippen molar-refractivity contribution < 1.29 is 14.6 Å². The van der Waals surface area contributed by atoms with Crippen LogP contribution in [0.25, 0.3) is 22.4 Å². The zero-order chi connectivity index (χ0) is 16.9. The van der Waals surface area contributed by atoms with Gasteiger partial charge < -0.3 is 9.84 Å². The van der Waals surface area contributed by atoms with E-state index in [9.17, 15) is 9.90 Å². The molecule has 24 heavy (non-hydrogen) atoms. The number of carbonyl (C=O) groups excluding carboxylic acids is 1. The fourth-order valence-corrected chi connectivity index (χ4v) is 2.61. The minimum absolute atomic E-state index is 0.0753. The number of aromatic amines is 1. The first-order chi connectivity index (χ1) is 11.8. The predicted molar refractivity (Wildman–Crippen MR) is 89.1 cm³/mol. The molecule has 0 radical (unpaired) electrons. The lowest BCUT2D eigenvalue weighted by Gasteiger charge is -2.12. The van der Waals surface area contributed by atoms with E-state index < -0.39 is 5.97 Å². The molecule has 2 aromatic carbocycles. The van der Waals surface area contributed by atoms with E-state index in [0.29, 0.717) is 5.69 Å². The largest absolute Gasteiger partial charge is 0.461 e. The van der Waals surface area contributed by atoms with Crippen molar-refractivity contribution in [2.75, 3.05) is 6.61 Å². The van der Waals surface area contributed by atoms with Gasteiger partial charge in [-0.3, -0.25) is 0 Å². The summed E-state index contributed by atoms with van der Waals surface area (Å²) >= 11 is 0. The lowest BCUT2D eigenvalue weighted by molar-refractivity contribution is 0.0520. The molecule has 3 aromatic rings. The average Bonchev–Trinajstić information content (AvgIpc) is 3.11. The maximum absolute atomic E-state index is 12.1. The Hall–Kier alpha value is -2.99. The summed E-state index contributed by atoms with van der Waals surface area (Å²) in [6.07, 6.45) is 0. The van der Waals surface area contributed by atoms with E-state index in [-0.39, 0.29) is 18.9 Å². The van der Waals surface area contributed by atoms with Crippen molar-refractivity contribution in [2.24, 2.45) is 0 Å². The van der Waals surface area contributed by atoms with Crippen LogP contribution in [0.1, 0.15) is 23.0 Å². The highest BCUT2D eigenvalue weighted by Crippen LogP contribution is 2.34. The lowest BCUT2D eigenvalue weighted by Crippen LogP contribution is -2.07. The lowest BCUT2D eigenvalue weighted by atomic mass is 9.93. The maximum atomic E-state index is 12.1. The third-order valence-electron chi connectivity index (χ3n) is 3.68. The van der Waals surface area contributed by atoms with Gasteiger partial charge in [-0.2, -0.15) is 10.3 Å². The number of hydrogen-bond donors (Lipinski definition) is 2. The molecule has 0 saturated carbocycles. The van der Waals surface area contributed by atoms with Crippen molar-refractivity contribution in [3.05, 3.63) is 59.8 Å². The Balaban J connectivity index is 2.15. The fourth-order valence-electron chi connectivity index (χ4n) is 2.61. The van der Waals surface area contributed by atoms with Crippen molar-refractivity contribution in [1.82, 2.24) is 15.4 Å². The summed E-state index contributed by atoms with van der Waals surface area (Å²) in [5.74, 6) is -0.522. The van der Waals surface area contributed by atoms with Crippen LogP contribution in [0.15, 0.2) is 48.5 Å². The number of benzene rings is 2. The fraction of sp³-hybridized carbons (Fsp3) is 0.167. The van der Waals surface area contributed by atoms with Gasteiger partial charge in [-0.1, -0.05) is 48.5 Å². The van der Waals surface area contributed by atoms with E-state index in [4.69, 9.17) is 4.74 Å². The van der Waals surface area contributed by atoms with E-state index in [0.717, 1.165) is 22.3 Å². The van der Waals surface area contributed by atoms with Gasteiger partial charge in [0.1, 0.15) is 5.69 Å². The standard InChI is InChI=1S/C18H17N3O3/c1-2-24-18(23)17-16(19-21-20-17)15-10-6-5-9-14(15)13-8-4-3-7-12(13)11-22/h3-10,22H,2,11H2,1H3,(H,19,20,21). The molecule has 0 aliphatic carbocycles. The second-order valence-electron chi connectivity index (χ2n) is 5.10. The van der Waals surface area contributed by atoms with Gasteiger partial charge in [0.2, 0.25) is 0 Å². The second kappa shape index (κ2) is 7.06. The van der Waals surface area contributed by atoms with Crippen LogP contribution in [0.5, 0.6) is 0 Å². The first-order valence-electron chi connectivity index (χ1n) is 7.62. The molecule has 3 rings (SSSR count). The number of nitrogens with zero attached hydrogens (tertiary/aromatic N) is 2. The van der Waals surface area contributed by atoms with Crippen molar-refractivity contribution >= 4 is 5.97 Å². The van der Waals surface area contributed by atoms with Crippen LogP contribution >= 0.6 is 0 Å². The van der Waals surface area contributed by atoms with Crippen molar-refractivity contribution in [2.45, 2.75) is 13.5 Å². The van der Waals surface area contributed by atoms with Crippen LogP contribution in [-0.4, -0.2) is 33.1 Å². The summed E-state index contributed by atoms with van der Waals surface area (Å²) in [6, 6.07) is 15.1. The van der Waals surface area contributed by atoms with Gasteiger partial charge in [0.05, 0.1) is 13.2 Å². The number of esters is 1. The molecule has 0 atom stereocenters. The highest BCUT2D eigenvalue weighted by atomic mass is 16.5. The number of hydrogen-bond acceptors (Lipinski definition) is 5. The second-order valence-corrected chi connectivity index (χ2v) is 5.10. The average molecular weight is 323 g/mol. The molecule has 6 nitrogen and oxygen atoms in total. The summed E-state index contributed by atoms with van der Waals surface area (Å²) in [4.78, 5) is 12.1. The first-order valence-corrected chi connectivity index (χ1v) is 7.62. The monoisotopic (exact) mass is 323 g/mol. The normalized spacial score (nSPS) is 10.6. The van der Waals surface area contributed by atoms with Crippen LogP contribution < -0.4 is 0 Å². The molecule has 6 heteroatoms. The quantitative estimate of drug-likeness (QED) is 0.705. The van der Waals surface area contributed by atoms with Gasteiger partial charge in [-0.25, -0.2) is 4.79 Å². The smallest absolute Gasteiger partial charge is 0.361 e. The SMILES string of the molecule is CCOC(=O)c1n[nH]nc1-c1ccccc1-c1ccccc1CO. The van der Waals surface area contributed by atoms with E-state index in [2.05, 4.69) is 15.4 Å². The minimum Gasteiger partial charge on any atom is -0.461 e. The van der Waals surface area contributed by atoms with Gasteiger partial charge in [0.25, 0.3) is 0 Å². The molecular weight excluding hydrogens is 306 g/mol. The van der Waals surface area contributed by atoms with E-state index in [1.54, 1.807) is 6.92 Å². The van der Waals surface area contributed by atoms with Crippen LogP contribution in [0.3, 0.4) is 0 Å². The number of nitrogens with one attached hydrogen (secondary N) is 1. The van der Waals surface area contributed by atoms with Gasteiger partial charge in [0.15, 0.2) is 5.69 Å². The number of carbonyl (C=O) groups is 1.